The topological polar surface area (TPSA) is 101 Å². The van der Waals surface area contributed by atoms with E-state index >= 15 is 0 Å². The molecule has 0 heterocycles. The van der Waals surface area contributed by atoms with Crippen LogP contribution in [0.3, 0.4) is 0 Å². The number of benzene rings is 2. The molecular weight excluding hydrogens is 396 g/mol. The molecule has 0 saturated heterocycles. The van der Waals surface area contributed by atoms with E-state index in [1.165, 1.54) is 41.3 Å². The number of thioether (sulfide) groups is 1. The highest BCUT2D eigenvalue weighted by molar-refractivity contribution is 8.13. The van der Waals surface area contributed by atoms with Crippen molar-refractivity contribution in [1.29, 1.82) is 0 Å². The molecule has 0 aliphatic carbocycles. The molecule has 0 bridgehead atoms. The zero-order valence-corrected chi connectivity index (χ0v) is 16.8. The van der Waals surface area contributed by atoms with Gasteiger partial charge in [0.2, 0.25) is 0 Å². The molecular formula is C16H18N2O5S3. The third-order valence-corrected chi connectivity index (χ3v) is 6.95. The average molecular weight is 415 g/mol. The van der Waals surface area contributed by atoms with Gasteiger partial charge in [-0.05, 0) is 42.1 Å². The number of carbonyl (C=O) groups excluding carboxylic acids is 1. The largest absolute Gasteiger partial charge is 0.339 e. The summed E-state index contributed by atoms with van der Waals surface area (Å²) in [6.45, 7) is 0. The minimum Gasteiger partial charge on any atom is -0.339 e. The summed E-state index contributed by atoms with van der Waals surface area (Å²) in [5, 5.41) is -0.201. The van der Waals surface area contributed by atoms with E-state index in [0.29, 0.717) is 4.90 Å². The van der Waals surface area contributed by atoms with E-state index in [0.717, 1.165) is 18.0 Å². The third-order valence-electron chi connectivity index (χ3n) is 3.19. The van der Waals surface area contributed by atoms with E-state index in [2.05, 4.69) is 4.72 Å². The van der Waals surface area contributed by atoms with E-state index in [4.69, 9.17) is 0 Å². The lowest BCUT2D eigenvalue weighted by atomic mass is 10.3. The number of amides is 1. The van der Waals surface area contributed by atoms with E-state index in [1.807, 2.05) is 0 Å². The highest BCUT2D eigenvalue weighted by Crippen LogP contribution is 2.27. The van der Waals surface area contributed by atoms with Gasteiger partial charge in [-0.25, -0.2) is 16.8 Å². The lowest BCUT2D eigenvalue weighted by Gasteiger charge is -2.13. The Morgan fingerprint density at radius 2 is 1.58 bits per heavy atom. The van der Waals surface area contributed by atoms with Crippen LogP contribution in [0.5, 0.6) is 0 Å². The van der Waals surface area contributed by atoms with Gasteiger partial charge in [0.15, 0.2) is 9.84 Å². The van der Waals surface area contributed by atoms with Crippen molar-refractivity contribution in [2.75, 3.05) is 25.1 Å². The monoisotopic (exact) mass is 414 g/mol. The molecule has 26 heavy (non-hydrogen) atoms. The van der Waals surface area contributed by atoms with Crippen LogP contribution in [-0.4, -0.2) is 47.3 Å². The first-order valence-corrected chi connectivity index (χ1v) is 11.5. The van der Waals surface area contributed by atoms with Crippen molar-refractivity contribution in [2.45, 2.75) is 14.7 Å². The summed E-state index contributed by atoms with van der Waals surface area (Å²) < 4.78 is 51.4. The van der Waals surface area contributed by atoms with Gasteiger partial charge in [0.1, 0.15) is 4.90 Å². The van der Waals surface area contributed by atoms with Crippen molar-refractivity contribution < 1.29 is 21.6 Å². The highest BCUT2D eigenvalue weighted by atomic mass is 32.2. The molecule has 2 rings (SSSR count). The number of carbonyl (C=O) groups is 1. The number of nitrogens with one attached hydrogen (secondary N) is 1. The number of hydrogen-bond acceptors (Lipinski definition) is 6. The minimum atomic E-state index is -4.12. The molecule has 0 aliphatic rings. The fourth-order valence-electron chi connectivity index (χ4n) is 2.00. The number of sulfone groups is 1. The molecule has 0 aromatic heterocycles. The molecule has 140 valence electrons. The maximum atomic E-state index is 12.7. The van der Waals surface area contributed by atoms with Crippen molar-refractivity contribution in [3.05, 3.63) is 48.5 Å². The standard InChI is InChI=1S/C16H18N2O5S3/c1-18(2)16(19)24-13-8-6-7-12(11-13)17-26(22,23)15-10-5-4-9-14(15)25(3,20)21/h4-11,17H,1-3H3. The summed E-state index contributed by atoms with van der Waals surface area (Å²) in [6, 6.07) is 11.7. The molecule has 1 amide bonds. The first kappa shape index (κ1) is 20.3. The Bertz CT molecular complexity index is 1030. The van der Waals surface area contributed by atoms with Crippen LogP contribution in [0.2, 0.25) is 0 Å². The number of rotatable bonds is 5. The molecule has 2 aromatic carbocycles. The molecule has 0 saturated carbocycles. The smallest absolute Gasteiger partial charge is 0.285 e. The van der Waals surface area contributed by atoms with Gasteiger partial charge in [-0.1, -0.05) is 18.2 Å². The minimum absolute atomic E-state index is 0.201. The lowest BCUT2D eigenvalue weighted by molar-refractivity contribution is 0.241. The van der Waals surface area contributed by atoms with Crippen LogP contribution in [0.4, 0.5) is 10.5 Å². The molecule has 0 aliphatic heterocycles. The van der Waals surface area contributed by atoms with Crippen molar-refractivity contribution in [2.24, 2.45) is 0 Å². The quantitative estimate of drug-likeness (QED) is 0.755. The van der Waals surface area contributed by atoms with Crippen LogP contribution in [0.25, 0.3) is 0 Å². The number of hydrogen-bond donors (Lipinski definition) is 1. The zero-order valence-electron chi connectivity index (χ0n) is 14.3. The Hall–Kier alpha value is -2.04. The predicted octanol–water partition coefficient (Wildman–Crippen LogP) is 2.66. The third kappa shape index (κ3) is 4.99. The number of sulfonamides is 1. The normalized spacial score (nSPS) is 11.8. The maximum absolute atomic E-state index is 12.7. The lowest BCUT2D eigenvalue weighted by Crippen LogP contribution is -2.17. The fraction of sp³-hybridized carbons (Fsp3) is 0.188. The summed E-state index contributed by atoms with van der Waals surface area (Å²) in [7, 11) is -4.61. The summed E-state index contributed by atoms with van der Waals surface area (Å²) in [4.78, 5) is 13.1. The molecule has 1 N–H and O–H groups in total. The van der Waals surface area contributed by atoms with Crippen molar-refractivity contribution >= 4 is 42.5 Å². The Morgan fingerprint density at radius 3 is 2.15 bits per heavy atom. The van der Waals surface area contributed by atoms with Gasteiger partial charge in [-0.2, -0.15) is 0 Å². The van der Waals surface area contributed by atoms with Gasteiger partial charge >= 0.3 is 0 Å². The molecule has 2 aromatic rings. The molecule has 0 spiro atoms. The summed E-state index contributed by atoms with van der Waals surface area (Å²) in [6.07, 6.45) is 0.950. The zero-order chi connectivity index (χ0) is 19.5. The van der Waals surface area contributed by atoms with Crippen molar-refractivity contribution in [3.8, 4) is 0 Å². The van der Waals surface area contributed by atoms with E-state index in [9.17, 15) is 21.6 Å². The Labute approximate surface area is 157 Å². The molecule has 7 nitrogen and oxygen atoms in total. The van der Waals surface area contributed by atoms with Crippen molar-refractivity contribution in [1.82, 2.24) is 4.90 Å². The first-order valence-electron chi connectivity index (χ1n) is 7.32. The second-order valence-corrected chi connectivity index (χ2v) is 10.3. The Balaban J connectivity index is 2.36. The van der Waals surface area contributed by atoms with Gasteiger partial charge in [0.05, 0.1) is 4.90 Å². The van der Waals surface area contributed by atoms with Crippen LogP contribution in [-0.2, 0) is 19.9 Å². The number of nitrogens with zero attached hydrogens (tertiary/aromatic N) is 1. The summed E-state index contributed by atoms with van der Waals surface area (Å²) in [5.74, 6) is 0. The van der Waals surface area contributed by atoms with Gasteiger partial charge in [-0.3, -0.25) is 9.52 Å². The van der Waals surface area contributed by atoms with Gasteiger partial charge in [0, 0.05) is 30.9 Å². The SMILES string of the molecule is CN(C)C(=O)Sc1cccc(NS(=O)(=O)c2ccccc2S(C)(=O)=O)c1. The van der Waals surface area contributed by atoms with Gasteiger partial charge < -0.3 is 4.90 Å². The van der Waals surface area contributed by atoms with Crippen molar-refractivity contribution in [3.63, 3.8) is 0 Å². The van der Waals surface area contributed by atoms with Crippen LogP contribution >= 0.6 is 11.8 Å². The fourth-order valence-corrected chi connectivity index (χ4v) is 5.40. The summed E-state index contributed by atoms with van der Waals surface area (Å²) in [5.41, 5.74) is 0.227. The highest BCUT2D eigenvalue weighted by Gasteiger charge is 2.23. The van der Waals surface area contributed by atoms with Crippen LogP contribution in [0.15, 0.2) is 63.2 Å². The molecule has 0 radical (unpaired) electrons. The Morgan fingerprint density at radius 1 is 0.962 bits per heavy atom. The predicted molar refractivity (Wildman–Crippen MR) is 102 cm³/mol. The van der Waals surface area contributed by atoms with Gasteiger partial charge in [0.25, 0.3) is 15.3 Å². The average Bonchev–Trinajstić information content (AvgIpc) is 2.54. The van der Waals surface area contributed by atoms with E-state index in [1.54, 1.807) is 26.2 Å². The first-order chi connectivity index (χ1) is 12.0. The second kappa shape index (κ2) is 7.68. The Kier molecular flexibility index (Phi) is 5.99. The van der Waals surface area contributed by atoms with Crippen LogP contribution < -0.4 is 4.72 Å². The van der Waals surface area contributed by atoms with E-state index < -0.39 is 19.9 Å². The number of anilines is 1. The summed E-state index contributed by atoms with van der Waals surface area (Å²) >= 11 is 0.951. The van der Waals surface area contributed by atoms with E-state index in [-0.39, 0.29) is 20.7 Å². The maximum Gasteiger partial charge on any atom is 0.285 e. The van der Waals surface area contributed by atoms with Gasteiger partial charge in [-0.15, -0.1) is 0 Å². The van der Waals surface area contributed by atoms with Crippen LogP contribution in [0.1, 0.15) is 0 Å². The van der Waals surface area contributed by atoms with Crippen LogP contribution in [0, 0.1) is 0 Å². The second-order valence-electron chi connectivity index (χ2n) is 5.61. The molecule has 0 unspecified atom stereocenters. The molecule has 0 fully saturated rings. The molecule has 10 heteroatoms. The molecule has 0 atom stereocenters.